The summed E-state index contributed by atoms with van der Waals surface area (Å²) in [5, 5.41) is 8.42. The molecular weight excluding hydrogens is 357 g/mol. The lowest BCUT2D eigenvalue weighted by Crippen LogP contribution is -2.17. The number of rotatable bonds is 6. The summed E-state index contributed by atoms with van der Waals surface area (Å²) in [6.07, 6.45) is -0.0399. The number of aliphatic carboxylic acids is 1. The minimum atomic E-state index is -3.46. The lowest BCUT2D eigenvalue weighted by Gasteiger charge is -2.07. The van der Waals surface area contributed by atoms with Gasteiger partial charge in [-0.15, -0.1) is 0 Å². The topological polar surface area (TPSA) is 83.5 Å². The monoisotopic (exact) mass is 369 g/mol. The van der Waals surface area contributed by atoms with Crippen molar-refractivity contribution in [2.75, 3.05) is 10.5 Å². The molecule has 0 heterocycles. The van der Waals surface area contributed by atoms with E-state index in [2.05, 4.69) is 27.3 Å². The molecule has 0 aromatic heterocycles. The van der Waals surface area contributed by atoms with E-state index in [1.165, 1.54) is 0 Å². The molecular formula is C10H12INO4S. The molecule has 0 unspecified atom stereocenters. The van der Waals surface area contributed by atoms with Crippen LogP contribution in [0.1, 0.15) is 12.8 Å². The fourth-order valence-electron chi connectivity index (χ4n) is 1.20. The van der Waals surface area contributed by atoms with Gasteiger partial charge < -0.3 is 5.11 Å². The first-order chi connectivity index (χ1) is 7.89. The Labute approximate surface area is 113 Å². The SMILES string of the molecule is O=C(O)CCCS(=O)(=O)Nc1cccc(I)c1. The molecule has 0 radical (unpaired) electrons. The van der Waals surface area contributed by atoms with Crippen LogP contribution in [0.5, 0.6) is 0 Å². The molecule has 0 aliphatic rings. The molecule has 17 heavy (non-hydrogen) atoms. The van der Waals surface area contributed by atoms with Gasteiger partial charge in [0.1, 0.15) is 0 Å². The molecule has 94 valence electrons. The second kappa shape index (κ2) is 6.20. The highest BCUT2D eigenvalue weighted by molar-refractivity contribution is 14.1. The van der Waals surface area contributed by atoms with Crippen molar-refractivity contribution < 1.29 is 18.3 Å². The lowest BCUT2D eigenvalue weighted by molar-refractivity contribution is -0.137. The molecule has 1 rings (SSSR count). The number of carboxylic acids is 1. The van der Waals surface area contributed by atoms with E-state index >= 15 is 0 Å². The summed E-state index contributed by atoms with van der Waals surface area (Å²) in [7, 11) is -3.46. The molecule has 0 aliphatic heterocycles. The first kappa shape index (κ1) is 14.2. The van der Waals surface area contributed by atoms with Gasteiger partial charge in [0.2, 0.25) is 10.0 Å². The van der Waals surface area contributed by atoms with Gasteiger partial charge in [-0.25, -0.2) is 8.42 Å². The van der Waals surface area contributed by atoms with Crippen molar-refractivity contribution in [1.82, 2.24) is 0 Å². The van der Waals surface area contributed by atoms with Crippen molar-refractivity contribution >= 4 is 44.3 Å². The first-order valence-corrected chi connectivity index (χ1v) is 7.60. The van der Waals surface area contributed by atoms with E-state index in [1.807, 2.05) is 6.07 Å². The molecule has 5 nitrogen and oxygen atoms in total. The quantitative estimate of drug-likeness (QED) is 0.751. The highest BCUT2D eigenvalue weighted by atomic mass is 127. The van der Waals surface area contributed by atoms with E-state index in [4.69, 9.17) is 5.11 Å². The molecule has 1 aromatic rings. The smallest absolute Gasteiger partial charge is 0.303 e. The van der Waals surface area contributed by atoms with Crippen molar-refractivity contribution in [2.45, 2.75) is 12.8 Å². The summed E-state index contributed by atoms with van der Waals surface area (Å²) in [6.45, 7) is 0. The summed E-state index contributed by atoms with van der Waals surface area (Å²) in [4.78, 5) is 10.3. The Morgan fingerprint density at radius 2 is 2.12 bits per heavy atom. The summed E-state index contributed by atoms with van der Waals surface area (Å²) >= 11 is 2.08. The highest BCUT2D eigenvalue weighted by Crippen LogP contribution is 2.14. The maximum Gasteiger partial charge on any atom is 0.303 e. The van der Waals surface area contributed by atoms with Gasteiger partial charge in [0.15, 0.2) is 0 Å². The van der Waals surface area contributed by atoms with Crippen molar-refractivity contribution in [2.24, 2.45) is 0 Å². The summed E-state index contributed by atoms with van der Waals surface area (Å²) in [5.41, 5.74) is 0.493. The number of benzene rings is 1. The third kappa shape index (κ3) is 5.87. The zero-order valence-corrected chi connectivity index (χ0v) is 11.9. The van der Waals surface area contributed by atoms with Crippen LogP contribution >= 0.6 is 22.6 Å². The second-order valence-electron chi connectivity index (χ2n) is 3.43. The third-order valence-corrected chi connectivity index (χ3v) is 3.95. The maximum absolute atomic E-state index is 11.6. The second-order valence-corrected chi connectivity index (χ2v) is 6.52. The van der Waals surface area contributed by atoms with Gasteiger partial charge in [0.25, 0.3) is 0 Å². The van der Waals surface area contributed by atoms with Gasteiger partial charge in [-0.05, 0) is 47.2 Å². The van der Waals surface area contributed by atoms with Crippen LogP contribution in [0.15, 0.2) is 24.3 Å². The number of carboxylic acid groups (broad SMARTS) is 1. The summed E-state index contributed by atoms with van der Waals surface area (Å²) < 4.78 is 26.5. The van der Waals surface area contributed by atoms with Crippen molar-refractivity contribution in [3.05, 3.63) is 27.8 Å². The fourth-order valence-corrected chi connectivity index (χ4v) is 2.85. The normalized spacial score (nSPS) is 11.1. The first-order valence-electron chi connectivity index (χ1n) is 4.87. The molecule has 0 fully saturated rings. The van der Waals surface area contributed by atoms with E-state index in [9.17, 15) is 13.2 Å². The van der Waals surface area contributed by atoms with Crippen LogP contribution < -0.4 is 4.72 Å². The number of hydrogen-bond donors (Lipinski definition) is 2. The number of anilines is 1. The molecule has 0 saturated heterocycles. The molecule has 7 heteroatoms. The predicted octanol–water partition coefficient (Wildman–Crippen LogP) is 1.90. The lowest BCUT2D eigenvalue weighted by atomic mass is 10.3. The van der Waals surface area contributed by atoms with E-state index in [1.54, 1.807) is 18.2 Å². The Morgan fingerprint density at radius 3 is 2.71 bits per heavy atom. The third-order valence-electron chi connectivity index (χ3n) is 1.90. The van der Waals surface area contributed by atoms with Crippen molar-refractivity contribution in [1.29, 1.82) is 0 Å². The van der Waals surface area contributed by atoms with Gasteiger partial charge in [0.05, 0.1) is 5.75 Å². The molecule has 0 amide bonds. The van der Waals surface area contributed by atoms with E-state index < -0.39 is 16.0 Å². The predicted molar refractivity (Wildman–Crippen MR) is 73.4 cm³/mol. The fraction of sp³-hybridized carbons (Fsp3) is 0.300. The van der Waals surface area contributed by atoms with E-state index in [0.717, 1.165) is 3.57 Å². The zero-order valence-electron chi connectivity index (χ0n) is 8.89. The number of carbonyl (C=O) groups is 1. The summed E-state index contributed by atoms with van der Waals surface area (Å²) in [5.74, 6) is -1.18. The Hall–Kier alpha value is -0.830. The summed E-state index contributed by atoms with van der Waals surface area (Å²) in [6, 6.07) is 6.95. The van der Waals surface area contributed by atoms with Crippen LogP contribution in [0.25, 0.3) is 0 Å². The van der Waals surface area contributed by atoms with Crippen LogP contribution in [-0.2, 0) is 14.8 Å². The van der Waals surface area contributed by atoms with E-state index in [0.29, 0.717) is 5.69 Å². The van der Waals surface area contributed by atoms with E-state index in [-0.39, 0.29) is 18.6 Å². The van der Waals surface area contributed by atoms with Crippen LogP contribution in [0.2, 0.25) is 0 Å². The average Bonchev–Trinajstić information content (AvgIpc) is 2.15. The number of halogens is 1. The molecule has 0 aliphatic carbocycles. The van der Waals surface area contributed by atoms with Gasteiger partial charge in [-0.3, -0.25) is 9.52 Å². The standard InChI is InChI=1S/C10H12INO4S/c11-8-3-1-4-9(7-8)12-17(15,16)6-2-5-10(13)14/h1,3-4,7,12H,2,5-6H2,(H,13,14). The van der Waals surface area contributed by atoms with Crippen molar-refractivity contribution in [3.63, 3.8) is 0 Å². The minimum Gasteiger partial charge on any atom is -0.481 e. The largest absolute Gasteiger partial charge is 0.481 e. The molecule has 0 atom stereocenters. The molecule has 0 saturated carbocycles. The Morgan fingerprint density at radius 1 is 1.41 bits per heavy atom. The molecule has 2 N–H and O–H groups in total. The molecule has 0 bridgehead atoms. The van der Waals surface area contributed by atoms with Crippen LogP contribution in [-0.4, -0.2) is 25.2 Å². The Kier molecular flexibility index (Phi) is 5.19. The highest BCUT2D eigenvalue weighted by Gasteiger charge is 2.11. The van der Waals surface area contributed by atoms with Crippen LogP contribution in [0, 0.1) is 3.57 Å². The molecule has 1 aromatic carbocycles. The zero-order chi connectivity index (χ0) is 12.9. The average molecular weight is 369 g/mol. The number of sulfonamides is 1. The molecule has 0 spiro atoms. The number of nitrogens with one attached hydrogen (secondary N) is 1. The van der Waals surface area contributed by atoms with Gasteiger partial charge in [-0.2, -0.15) is 0 Å². The van der Waals surface area contributed by atoms with Crippen LogP contribution in [0.4, 0.5) is 5.69 Å². The Balaban J connectivity index is 2.57. The maximum atomic E-state index is 11.6. The van der Waals surface area contributed by atoms with Crippen LogP contribution in [0.3, 0.4) is 0 Å². The number of hydrogen-bond acceptors (Lipinski definition) is 3. The minimum absolute atomic E-state index is 0.106. The van der Waals surface area contributed by atoms with Gasteiger partial charge in [-0.1, -0.05) is 6.07 Å². The van der Waals surface area contributed by atoms with Gasteiger partial charge >= 0.3 is 5.97 Å². The van der Waals surface area contributed by atoms with Gasteiger partial charge in [0, 0.05) is 15.7 Å². The van der Waals surface area contributed by atoms with Crippen molar-refractivity contribution in [3.8, 4) is 0 Å². The Bertz CT molecular complexity index is 501.